The lowest BCUT2D eigenvalue weighted by Crippen LogP contribution is -2.61. The number of carbonyl (C=O) groups is 3. The van der Waals surface area contributed by atoms with Gasteiger partial charge >= 0.3 is 0 Å². The number of amides is 3. The van der Waals surface area contributed by atoms with Crippen molar-refractivity contribution in [2.24, 2.45) is 11.8 Å². The van der Waals surface area contributed by atoms with Gasteiger partial charge in [-0.05, 0) is 25.3 Å². The van der Waals surface area contributed by atoms with Gasteiger partial charge in [0.2, 0.25) is 17.7 Å². The highest BCUT2D eigenvalue weighted by molar-refractivity contribution is 6.09. The highest BCUT2D eigenvalue weighted by Crippen LogP contribution is 2.54. The highest BCUT2D eigenvalue weighted by atomic mass is 16.2. The van der Waals surface area contributed by atoms with E-state index in [4.69, 9.17) is 0 Å². The van der Waals surface area contributed by atoms with Crippen molar-refractivity contribution in [1.29, 1.82) is 0 Å². The van der Waals surface area contributed by atoms with Crippen LogP contribution >= 0.6 is 0 Å². The van der Waals surface area contributed by atoms with Crippen LogP contribution in [-0.4, -0.2) is 72.2 Å². The lowest BCUT2D eigenvalue weighted by molar-refractivity contribution is -0.145. The molecule has 7 heteroatoms. The van der Waals surface area contributed by atoms with E-state index in [-0.39, 0.29) is 29.7 Å². The van der Waals surface area contributed by atoms with E-state index in [0.717, 1.165) is 36.9 Å². The van der Waals surface area contributed by atoms with Crippen molar-refractivity contribution in [3.8, 4) is 0 Å². The molecule has 3 aliphatic heterocycles. The van der Waals surface area contributed by atoms with E-state index in [1.165, 1.54) is 0 Å². The average molecular weight is 411 g/mol. The summed E-state index contributed by atoms with van der Waals surface area (Å²) >= 11 is 0. The van der Waals surface area contributed by atoms with Crippen molar-refractivity contribution in [2.45, 2.75) is 43.7 Å². The first kappa shape index (κ1) is 19.5. The number of benzene rings is 1. The summed E-state index contributed by atoms with van der Waals surface area (Å²) in [5, 5.41) is 3.03. The molecular formula is C23H30N4O3. The Kier molecular flexibility index (Phi) is 4.61. The van der Waals surface area contributed by atoms with Crippen LogP contribution in [0.25, 0.3) is 0 Å². The minimum absolute atomic E-state index is 0.00918. The molecule has 0 unspecified atom stereocenters. The number of para-hydroxylation sites is 1. The van der Waals surface area contributed by atoms with Gasteiger partial charge in [0.1, 0.15) is 5.54 Å². The van der Waals surface area contributed by atoms with Gasteiger partial charge in [-0.15, -0.1) is 0 Å². The Bertz CT molecular complexity index is 894. The summed E-state index contributed by atoms with van der Waals surface area (Å²) in [5.74, 6) is -0.170. The third-order valence-corrected chi connectivity index (χ3v) is 7.63. The minimum atomic E-state index is -0.981. The van der Waals surface area contributed by atoms with E-state index in [9.17, 15) is 14.4 Å². The SMILES string of the molecule is CN(C)C(=O)[C@@H]1C[C@@H]2CN(C(=O)C3CCCC3)CCN2[C@@]12C(=O)Nc1ccccc12. The van der Waals surface area contributed by atoms with Gasteiger partial charge in [0.25, 0.3) is 0 Å². The number of hydrogen-bond acceptors (Lipinski definition) is 4. The first-order chi connectivity index (χ1) is 14.4. The molecule has 5 rings (SSSR count). The summed E-state index contributed by atoms with van der Waals surface area (Å²) in [6.07, 6.45) is 4.85. The van der Waals surface area contributed by atoms with Crippen LogP contribution in [0.4, 0.5) is 5.69 Å². The van der Waals surface area contributed by atoms with E-state index in [1.807, 2.05) is 29.2 Å². The molecule has 1 aromatic carbocycles. The molecule has 1 spiro atoms. The van der Waals surface area contributed by atoms with Crippen molar-refractivity contribution >= 4 is 23.4 Å². The number of rotatable bonds is 2. The van der Waals surface area contributed by atoms with Gasteiger partial charge in [0.05, 0.1) is 5.92 Å². The molecule has 1 aliphatic carbocycles. The zero-order valence-corrected chi connectivity index (χ0v) is 17.8. The van der Waals surface area contributed by atoms with Crippen LogP contribution in [0.1, 0.15) is 37.7 Å². The second-order valence-electron chi connectivity index (χ2n) is 9.40. The molecule has 4 aliphatic rings. The monoisotopic (exact) mass is 410 g/mol. The molecule has 7 nitrogen and oxygen atoms in total. The smallest absolute Gasteiger partial charge is 0.250 e. The summed E-state index contributed by atoms with van der Waals surface area (Å²) in [6, 6.07) is 7.74. The number of piperazine rings is 1. The molecule has 3 atom stereocenters. The van der Waals surface area contributed by atoms with Crippen LogP contribution in [0.3, 0.4) is 0 Å². The number of fused-ring (bicyclic) bond motifs is 4. The Hall–Kier alpha value is -2.41. The molecule has 3 amide bonds. The topological polar surface area (TPSA) is 73.0 Å². The van der Waals surface area contributed by atoms with Crippen molar-refractivity contribution in [2.75, 3.05) is 39.0 Å². The molecule has 3 fully saturated rings. The maximum atomic E-state index is 13.5. The van der Waals surface area contributed by atoms with E-state index in [0.29, 0.717) is 26.1 Å². The van der Waals surface area contributed by atoms with Crippen molar-refractivity contribution < 1.29 is 14.4 Å². The Morgan fingerprint density at radius 1 is 1.13 bits per heavy atom. The van der Waals surface area contributed by atoms with Gasteiger partial charge < -0.3 is 15.1 Å². The van der Waals surface area contributed by atoms with Gasteiger partial charge in [-0.25, -0.2) is 0 Å². The molecular weight excluding hydrogens is 380 g/mol. The molecule has 3 heterocycles. The van der Waals surface area contributed by atoms with Crippen LogP contribution in [-0.2, 0) is 19.9 Å². The van der Waals surface area contributed by atoms with Crippen molar-refractivity contribution in [1.82, 2.24) is 14.7 Å². The van der Waals surface area contributed by atoms with E-state index >= 15 is 0 Å². The molecule has 0 radical (unpaired) electrons. The minimum Gasteiger partial charge on any atom is -0.348 e. The van der Waals surface area contributed by atoms with Crippen LogP contribution in [0.15, 0.2) is 24.3 Å². The Morgan fingerprint density at radius 2 is 1.87 bits per heavy atom. The molecule has 0 bridgehead atoms. The fraction of sp³-hybridized carbons (Fsp3) is 0.609. The second kappa shape index (κ2) is 7.08. The lowest BCUT2D eigenvalue weighted by atomic mass is 9.78. The Balaban J connectivity index is 1.51. The molecule has 1 N–H and O–H groups in total. The zero-order valence-electron chi connectivity index (χ0n) is 17.8. The van der Waals surface area contributed by atoms with Crippen LogP contribution in [0.5, 0.6) is 0 Å². The van der Waals surface area contributed by atoms with Crippen LogP contribution in [0, 0.1) is 11.8 Å². The van der Waals surface area contributed by atoms with Gasteiger partial charge in [-0.1, -0.05) is 31.0 Å². The molecule has 1 saturated carbocycles. The number of nitrogens with one attached hydrogen (secondary N) is 1. The normalized spacial score (nSPS) is 31.0. The maximum absolute atomic E-state index is 13.5. The van der Waals surface area contributed by atoms with Gasteiger partial charge in [-0.2, -0.15) is 0 Å². The Morgan fingerprint density at radius 3 is 2.60 bits per heavy atom. The molecule has 0 aromatic heterocycles. The number of hydrogen-bond donors (Lipinski definition) is 1. The average Bonchev–Trinajstić information content (AvgIpc) is 3.45. The van der Waals surface area contributed by atoms with E-state index < -0.39 is 11.5 Å². The number of anilines is 1. The quantitative estimate of drug-likeness (QED) is 0.805. The first-order valence-corrected chi connectivity index (χ1v) is 11.1. The highest BCUT2D eigenvalue weighted by Gasteiger charge is 2.65. The number of nitrogens with zero attached hydrogens (tertiary/aromatic N) is 3. The summed E-state index contributed by atoms with van der Waals surface area (Å²) in [4.78, 5) is 45.6. The van der Waals surface area contributed by atoms with Gasteiger partial charge in [0.15, 0.2) is 0 Å². The lowest BCUT2D eigenvalue weighted by Gasteiger charge is -2.45. The predicted molar refractivity (Wildman–Crippen MR) is 113 cm³/mol. The maximum Gasteiger partial charge on any atom is 0.250 e. The second-order valence-corrected chi connectivity index (χ2v) is 9.40. The largest absolute Gasteiger partial charge is 0.348 e. The van der Waals surface area contributed by atoms with Gasteiger partial charge in [-0.3, -0.25) is 19.3 Å². The van der Waals surface area contributed by atoms with Crippen LogP contribution < -0.4 is 5.32 Å². The van der Waals surface area contributed by atoms with E-state index in [2.05, 4.69) is 10.2 Å². The summed E-state index contributed by atoms with van der Waals surface area (Å²) < 4.78 is 0. The molecule has 2 saturated heterocycles. The predicted octanol–water partition coefficient (Wildman–Crippen LogP) is 1.65. The zero-order chi connectivity index (χ0) is 21.0. The van der Waals surface area contributed by atoms with Crippen molar-refractivity contribution in [3.63, 3.8) is 0 Å². The molecule has 30 heavy (non-hydrogen) atoms. The summed E-state index contributed by atoms with van der Waals surface area (Å²) in [5.41, 5.74) is 0.711. The van der Waals surface area contributed by atoms with Crippen LogP contribution in [0.2, 0.25) is 0 Å². The molecule has 160 valence electrons. The Labute approximate surface area is 177 Å². The third-order valence-electron chi connectivity index (χ3n) is 7.63. The fourth-order valence-corrected chi connectivity index (χ4v) is 6.28. The summed E-state index contributed by atoms with van der Waals surface area (Å²) in [6.45, 7) is 1.83. The third kappa shape index (κ3) is 2.64. The fourth-order valence-electron chi connectivity index (χ4n) is 6.28. The summed E-state index contributed by atoms with van der Waals surface area (Å²) in [7, 11) is 3.50. The molecule has 1 aromatic rings. The first-order valence-electron chi connectivity index (χ1n) is 11.1. The number of carbonyl (C=O) groups excluding carboxylic acids is 3. The van der Waals surface area contributed by atoms with Gasteiger partial charge in [0, 0.05) is 56.9 Å². The standard InChI is InChI=1S/C23H30N4O3/c1-25(2)21(29)18-13-16-14-26(20(28)15-7-3-4-8-15)11-12-27(16)23(18)17-9-5-6-10-19(17)24-22(23)30/h5-6,9-10,15-16,18H,3-4,7-8,11-14H2,1-2H3,(H,24,30)/t16-,18+,23-/m1/s1. The van der Waals surface area contributed by atoms with Crippen molar-refractivity contribution in [3.05, 3.63) is 29.8 Å². The van der Waals surface area contributed by atoms with E-state index in [1.54, 1.807) is 19.0 Å².